The van der Waals surface area contributed by atoms with Crippen LogP contribution in [0.5, 0.6) is 5.75 Å². The van der Waals surface area contributed by atoms with Gasteiger partial charge in [-0.15, -0.1) is 16.9 Å². The van der Waals surface area contributed by atoms with E-state index in [0.717, 1.165) is 4.90 Å². The standard InChI is InChI=1S/C19H15ClN8O3S/c20-12-6-7-15(29)11(8-12)9-22-24-19(30)16-14(10-32-13-4-2-1-3-5-13)28(27-23-16)18-17(21)25-31-26-18/h1-9,29H,10H2,(H2,21,25)(H,24,30). The number of hydrazone groups is 1. The number of aromatic hydroxyl groups is 1. The molecule has 1 amide bonds. The van der Waals surface area contributed by atoms with Gasteiger partial charge in [0.15, 0.2) is 5.69 Å². The highest BCUT2D eigenvalue weighted by atomic mass is 35.5. The largest absolute Gasteiger partial charge is 0.507 e. The van der Waals surface area contributed by atoms with Crippen molar-refractivity contribution in [1.82, 2.24) is 30.7 Å². The minimum atomic E-state index is -0.618. The lowest BCUT2D eigenvalue weighted by molar-refractivity contribution is 0.0949. The Bertz CT molecular complexity index is 1270. The maximum absolute atomic E-state index is 12.8. The van der Waals surface area contributed by atoms with Crippen molar-refractivity contribution in [3.8, 4) is 11.6 Å². The molecule has 0 atom stereocenters. The van der Waals surface area contributed by atoms with Crippen molar-refractivity contribution in [1.29, 1.82) is 0 Å². The number of hydrogen-bond donors (Lipinski definition) is 3. The number of nitrogens with two attached hydrogens (primary N) is 1. The number of phenols is 1. The Morgan fingerprint density at radius 3 is 2.84 bits per heavy atom. The maximum Gasteiger partial charge on any atom is 0.293 e. The summed E-state index contributed by atoms with van der Waals surface area (Å²) in [6.07, 6.45) is 1.27. The van der Waals surface area contributed by atoms with Crippen LogP contribution >= 0.6 is 23.4 Å². The zero-order valence-corrected chi connectivity index (χ0v) is 17.8. The Morgan fingerprint density at radius 2 is 2.09 bits per heavy atom. The average molecular weight is 471 g/mol. The van der Waals surface area contributed by atoms with E-state index in [9.17, 15) is 9.90 Å². The van der Waals surface area contributed by atoms with E-state index in [2.05, 4.69) is 35.8 Å². The number of halogens is 1. The molecule has 0 aliphatic rings. The Morgan fingerprint density at radius 1 is 1.28 bits per heavy atom. The third-order valence-electron chi connectivity index (χ3n) is 4.15. The highest BCUT2D eigenvalue weighted by Gasteiger charge is 2.24. The molecule has 2 aromatic carbocycles. The Kier molecular flexibility index (Phi) is 6.33. The van der Waals surface area contributed by atoms with Gasteiger partial charge in [0.25, 0.3) is 5.91 Å². The molecule has 0 fully saturated rings. The molecular formula is C19H15ClN8O3S. The maximum atomic E-state index is 12.8. The molecule has 0 spiro atoms. The van der Waals surface area contributed by atoms with Crippen LogP contribution < -0.4 is 11.2 Å². The Balaban J connectivity index is 1.58. The van der Waals surface area contributed by atoms with Crippen LogP contribution in [-0.4, -0.2) is 42.5 Å². The number of carbonyl (C=O) groups excluding carboxylic acids is 1. The van der Waals surface area contributed by atoms with E-state index in [1.807, 2.05) is 30.3 Å². The van der Waals surface area contributed by atoms with Crippen LogP contribution in [0.1, 0.15) is 21.7 Å². The van der Waals surface area contributed by atoms with Gasteiger partial charge in [-0.2, -0.15) is 9.78 Å². The second-order valence-corrected chi connectivity index (χ2v) is 7.76. The lowest BCUT2D eigenvalue weighted by Crippen LogP contribution is -2.20. The molecule has 13 heteroatoms. The fourth-order valence-corrected chi connectivity index (χ4v) is 3.72. The summed E-state index contributed by atoms with van der Waals surface area (Å²) in [6.45, 7) is 0. The Labute approximate surface area is 190 Å². The number of benzene rings is 2. The summed E-state index contributed by atoms with van der Waals surface area (Å²) in [5.41, 5.74) is 8.92. The monoisotopic (exact) mass is 470 g/mol. The minimum absolute atomic E-state index is 0.00210. The molecule has 0 saturated heterocycles. The number of nitrogens with zero attached hydrogens (tertiary/aromatic N) is 6. The van der Waals surface area contributed by atoms with Crippen molar-refractivity contribution in [3.05, 3.63) is 70.5 Å². The molecular weight excluding hydrogens is 456 g/mol. The molecule has 2 aromatic heterocycles. The van der Waals surface area contributed by atoms with Crippen molar-refractivity contribution in [2.24, 2.45) is 5.10 Å². The lowest BCUT2D eigenvalue weighted by Gasteiger charge is -2.06. The molecule has 32 heavy (non-hydrogen) atoms. The van der Waals surface area contributed by atoms with E-state index >= 15 is 0 Å². The predicted octanol–water partition coefficient (Wildman–Crippen LogP) is 2.65. The van der Waals surface area contributed by atoms with Crippen LogP contribution in [0.3, 0.4) is 0 Å². The average Bonchev–Trinajstić information content (AvgIpc) is 3.41. The van der Waals surface area contributed by atoms with Gasteiger partial charge in [-0.05, 0) is 40.6 Å². The molecule has 0 saturated carbocycles. The first kappa shape index (κ1) is 21.3. The highest BCUT2D eigenvalue weighted by molar-refractivity contribution is 7.98. The molecule has 4 aromatic rings. The molecule has 0 aliphatic carbocycles. The molecule has 0 bridgehead atoms. The topological polar surface area (TPSA) is 157 Å². The number of thioether (sulfide) groups is 1. The first-order valence-corrected chi connectivity index (χ1v) is 10.4. The van der Waals surface area contributed by atoms with E-state index in [1.165, 1.54) is 40.9 Å². The molecule has 11 nitrogen and oxygen atoms in total. The molecule has 4 rings (SSSR count). The van der Waals surface area contributed by atoms with Gasteiger partial charge in [0, 0.05) is 21.2 Å². The van der Waals surface area contributed by atoms with E-state index in [1.54, 1.807) is 0 Å². The van der Waals surface area contributed by atoms with Crippen molar-refractivity contribution < 1.29 is 14.5 Å². The number of hydrogen-bond acceptors (Lipinski definition) is 10. The number of aromatic nitrogens is 5. The third kappa shape index (κ3) is 4.71. The normalized spacial score (nSPS) is 11.2. The summed E-state index contributed by atoms with van der Waals surface area (Å²) in [7, 11) is 0. The van der Waals surface area contributed by atoms with E-state index in [-0.39, 0.29) is 23.1 Å². The second kappa shape index (κ2) is 9.49. The first-order chi connectivity index (χ1) is 15.5. The van der Waals surface area contributed by atoms with Gasteiger partial charge >= 0.3 is 0 Å². The molecule has 0 radical (unpaired) electrons. The lowest BCUT2D eigenvalue weighted by atomic mass is 10.2. The van der Waals surface area contributed by atoms with Crippen molar-refractivity contribution in [2.75, 3.05) is 5.73 Å². The summed E-state index contributed by atoms with van der Waals surface area (Å²) in [5, 5.41) is 29.4. The van der Waals surface area contributed by atoms with E-state index in [4.69, 9.17) is 17.3 Å². The van der Waals surface area contributed by atoms with Crippen LogP contribution in [0.4, 0.5) is 5.82 Å². The zero-order valence-electron chi connectivity index (χ0n) is 16.2. The Hall–Kier alpha value is -3.90. The summed E-state index contributed by atoms with van der Waals surface area (Å²) >= 11 is 7.38. The summed E-state index contributed by atoms with van der Waals surface area (Å²) in [6, 6.07) is 14.1. The molecule has 4 N–H and O–H groups in total. The molecule has 0 aliphatic heterocycles. The molecule has 162 valence electrons. The quantitative estimate of drug-likeness (QED) is 0.210. The summed E-state index contributed by atoms with van der Waals surface area (Å²) in [5.74, 6) is -0.208. The van der Waals surface area contributed by atoms with Gasteiger partial charge in [-0.1, -0.05) is 35.0 Å². The number of phenolic OH excluding ortho intramolecular Hbond substituents is 1. The fraction of sp³-hybridized carbons (Fsp3) is 0.0526. The first-order valence-electron chi connectivity index (χ1n) is 9.05. The number of nitrogens with one attached hydrogen (secondary N) is 1. The van der Waals surface area contributed by atoms with Gasteiger partial charge in [0.1, 0.15) is 5.75 Å². The number of amides is 1. The molecule has 2 heterocycles. The zero-order chi connectivity index (χ0) is 22.5. The second-order valence-electron chi connectivity index (χ2n) is 6.27. The predicted molar refractivity (Wildman–Crippen MR) is 118 cm³/mol. The number of rotatable bonds is 7. The van der Waals surface area contributed by atoms with E-state index in [0.29, 0.717) is 22.0 Å². The SMILES string of the molecule is Nc1nonc1-n1nnc(C(=O)NN=Cc2cc(Cl)ccc2O)c1CSc1ccccc1. The minimum Gasteiger partial charge on any atom is -0.507 e. The van der Waals surface area contributed by atoms with Crippen LogP contribution in [0.25, 0.3) is 5.82 Å². The van der Waals surface area contributed by atoms with Crippen molar-refractivity contribution in [3.63, 3.8) is 0 Å². The van der Waals surface area contributed by atoms with E-state index < -0.39 is 5.91 Å². The smallest absolute Gasteiger partial charge is 0.293 e. The van der Waals surface area contributed by atoms with Crippen LogP contribution in [0.2, 0.25) is 5.02 Å². The van der Waals surface area contributed by atoms with Gasteiger partial charge < -0.3 is 10.8 Å². The summed E-state index contributed by atoms with van der Waals surface area (Å²) in [4.78, 5) is 13.7. The number of anilines is 1. The van der Waals surface area contributed by atoms with Crippen LogP contribution in [0.15, 0.2) is 63.2 Å². The fourth-order valence-electron chi connectivity index (χ4n) is 2.63. The van der Waals surface area contributed by atoms with Gasteiger partial charge in [-0.3, -0.25) is 4.79 Å². The molecule has 0 unspecified atom stereocenters. The summed E-state index contributed by atoms with van der Waals surface area (Å²) < 4.78 is 5.94. The van der Waals surface area contributed by atoms with Crippen LogP contribution in [0, 0.1) is 0 Å². The third-order valence-corrected chi connectivity index (χ3v) is 5.41. The van der Waals surface area contributed by atoms with Gasteiger partial charge in [0.05, 0.1) is 11.9 Å². The van der Waals surface area contributed by atoms with Gasteiger partial charge in [0.2, 0.25) is 11.6 Å². The van der Waals surface area contributed by atoms with Crippen LogP contribution in [-0.2, 0) is 5.75 Å². The van der Waals surface area contributed by atoms with Gasteiger partial charge in [-0.25, -0.2) is 10.1 Å². The highest BCUT2D eigenvalue weighted by Crippen LogP contribution is 2.26. The number of carbonyl (C=O) groups is 1. The van der Waals surface area contributed by atoms with Crippen molar-refractivity contribution >= 4 is 41.3 Å². The number of nitrogen functional groups attached to an aromatic ring is 1. The van der Waals surface area contributed by atoms with Crippen molar-refractivity contribution in [2.45, 2.75) is 10.6 Å².